The standard InChI is InChI=1S/C9H12N2O2S/c1-7-10-8(6-14-7)9(12)11-4-2-3-5-13-11/h6H,2-5H2,1H3. The predicted molar refractivity (Wildman–Crippen MR) is 53.1 cm³/mol. The van der Waals surface area contributed by atoms with E-state index in [1.54, 1.807) is 5.38 Å². The van der Waals surface area contributed by atoms with Gasteiger partial charge in [0, 0.05) is 11.9 Å². The first-order valence-electron chi connectivity index (χ1n) is 4.64. The Labute approximate surface area is 86.5 Å². The second-order valence-corrected chi connectivity index (χ2v) is 4.26. The minimum atomic E-state index is -0.117. The highest BCUT2D eigenvalue weighted by Gasteiger charge is 2.21. The third-order valence-electron chi connectivity index (χ3n) is 2.07. The molecule has 2 rings (SSSR count). The number of thiazole rings is 1. The Morgan fingerprint density at radius 3 is 3.07 bits per heavy atom. The van der Waals surface area contributed by atoms with E-state index in [-0.39, 0.29) is 5.91 Å². The van der Waals surface area contributed by atoms with Gasteiger partial charge in [0.05, 0.1) is 11.6 Å². The number of hydroxylamine groups is 2. The number of rotatable bonds is 1. The molecule has 1 aromatic heterocycles. The van der Waals surface area contributed by atoms with Gasteiger partial charge in [0.1, 0.15) is 5.69 Å². The minimum Gasteiger partial charge on any atom is -0.271 e. The maximum Gasteiger partial charge on any atom is 0.296 e. The number of hydrogen-bond donors (Lipinski definition) is 0. The Morgan fingerprint density at radius 2 is 2.50 bits per heavy atom. The highest BCUT2D eigenvalue weighted by Crippen LogP contribution is 2.13. The van der Waals surface area contributed by atoms with Crippen molar-refractivity contribution < 1.29 is 9.63 Å². The van der Waals surface area contributed by atoms with Crippen LogP contribution >= 0.6 is 11.3 Å². The molecule has 5 heteroatoms. The average molecular weight is 212 g/mol. The quantitative estimate of drug-likeness (QED) is 0.710. The Balaban J connectivity index is 2.07. The molecule has 1 amide bonds. The lowest BCUT2D eigenvalue weighted by atomic mass is 10.3. The van der Waals surface area contributed by atoms with Gasteiger partial charge in [0.15, 0.2) is 0 Å². The molecule has 2 heterocycles. The largest absolute Gasteiger partial charge is 0.296 e. The molecule has 1 aliphatic heterocycles. The maximum atomic E-state index is 11.8. The molecule has 0 bridgehead atoms. The van der Waals surface area contributed by atoms with Crippen molar-refractivity contribution in [2.45, 2.75) is 19.8 Å². The lowest BCUT2D eigenvalue weighted by molar-refractivity contribution is -0.144. The average Bonchev–Trinajstić information content (AvgIpc) is 2.65. The fraction of sp³-hybridized carbons (Fsp3) is 0.556. The summed E-state index contributed by atoms with van der Waals surface area (Å²) in [6.45, 7) is 3.20. The number of carbonyl (C=O) groups excluding carboxylic acids is 1. The van der Waals surface area contributed by atoms with E-state index in [9.17, 15) is 4.79 Å². The fourth-order valence-electron chi connectivity index (χ4n) is 1.35. The molecule has 0 N–H and O–H groups in total. The van der Waals surface area contributed by atoms with E-state index in [0.29, 0.717) is 18.8 Å². The van der Waals surface area contributed by atoms with Crippen molar-refractivity contribution >= 4 is 17.2 Å². The molecule has 0 atom stereocenters. The second kappa shape index (κ2) is 4.06. The first-order chi connectivity index (χ1) is 6.77. The van der Waals surface area contributed by atoms with Crippen LogP contribution in [0.2, 0.25) is 0 Å². The Morgan fingerprint density at radius 1 is 1.64 bits per heavy atom. The lowest BCUT2D eigenvalue weighted by Gasteiger charge is -2.24. The molecule has 1 saturated heterocycles. The van der Waals surface area contributed by atoms with E-state index in [1.165, 1.54) is 16.4 Å². The third kappa shape index (κ3) is 1.93. The summed E-state index contributed by atoms with van der Waals surface area (Å²) in [6, 6.07) is 0. The van der Waals surface area contributed by atoms with Crippen LogP contribution in [-0.2, 0) is 4.84 Å². The first-order valence-corrected chi connectivity index (χ1v) is 5.52. The topological polar surface area (TPSA) is 42.4 Å². The third-order valence-corrected chi connectivity index (χ3v) is 2.84. The van der Waals surface area contributed by atoms with E-state index in [2.05, 4.69) is 4.98 Å². The number of amides is 1. The van der Waals surface area contributed by atoms with Crippen LogP contribution in [0.15, 0.2) is 5.38 Å². The van der Waals surface area contributed by atoms with Crippen LogP contribution in [0.1, 0.15) is 28.3 Å². The number of aryl methyl sites for hydroxylation is 1. The number of nitrogens with zero attached hydrogens (tertiary/aromatic N) is 2. The zero-order valence-corrected chi connectivity index (χ0v) is 8.84. The van der Waals surface area contributed by atoms with Crippen molar-refractivity contribution in [1.29, 1.82) is 0 Å². The van der Waals surface area contributed by atoms with Gasteiger partial charge < -0.3 is 0 Å². The summed E-state index contributed by atoms with van der Waals surface area (Å²) in [5.74, 6) is -0.117. The van der Waals surface area contributed by atoms with Crippen LogP contribution in [0.25, 0.3) is 0 Å². The molecule has 0 saturated carbocycles. The molecule has 0 aromatic carbocycles. The van der Waals surface area contributed by atoms with Gasteiger partial charge >= 0.3 is 0 Å². The molecule has 0 radical (unpaired) electrons. The molecule has 14 heavy (non-hydrogen) atoms. The van der Waals surface area contributed by atoms with Crippen LogP contribution in [-0.4, -0.2) is 29.1 Å². The first kappa shape index (κ1) is 9.61. The van der Waals surface area contributed by atoms with Crippen molar-refractivity contribution in [3.05, 3.63) is 16.1 Å². The predicted octanol–water partition coefficient (Wildman–Crippen LogP) is 1.62. The Hall–Kier alpha value is -0.940. The highest BCUT2D eigenvalue weighted by atomic mass is 32.1. The number of aromatic nitrogens is 1. The number of hydrogen-bond acceptors (Lipinski definition) is 4. The van der Waals surface area contributed by atoms with Crippen molar-refractivity contribution in [2.75, 3.05) is 13.2 Å². The van der Waals surface area contributed by atoms with Crippen molar-refractivity contribution in [3.8, 4) is 0 Å². The van der Waals surface area contributed by atoms with Gasteiger partial charge in [-0.25, -0.2) is 10.0 Å². The van der Waals surface area contributed by atoms with Gasteiger partial charge in [-0.2, -0.15) is 0 Å². The van der Waals surface area contributed by atoms with Crippen LogP contribution in [0.5, 0.6) is 0 Å². The molecular formula is C9H12N2O2S. The Kier molecular flexibility index (Phi) is 2.79. The van der Waals surface area contributed by atoms with E-state index in [4.69, 9.17) is 4.84 Å². The SMILES string of the molecule is Cc1nc(C(=O)N2CCCCO2)cs1. The molecule has 1 aromatic rings. The molecule has 4 nitrogen and oxygen atoms in total. The summed E-state index contributed by atoms with van der Waals surface area (Å²) in [4.78, 5) is 21.1. The smallest absolute Gasteiger partial charge is 0.271 e. The van der Waals surface area contributed by atoms with E-state index < -0.39 is 0 Å². The van der Waals surface area contributed by atoms with Gasteiger partial charge in [-0.05, 0) is 19.8 Å². The van der Waals surface area contributed by atoms with E-state index in [1.807, 2.05) is 6.92 Å². The van der Waals surface area contributed by atoms with Crippen LogP contribution in [0.4, 0.5) is 0 Å². The molecule has 1 aliphatic rings. The van der Waals surface area contributed by atoms with Gasteiger partial charge in [-0.3, -0.25) is 9.63 Å². The van der Waals surface area contributed by atoms with Gasteiger partial charge in [-0.15, -0.1) is 11.3 Å². The van der Waals surface area contributed by atoms with Crippen LogP contribution in [0.3, 0.4) is 0 Å². The van der Waals surface area contributed by atoms with Gasteiger partial charge in [-0.1, -0.05) is 0 Å². The summed E-state index contributed by atoms with van der Waals surface area (Å²) < 4.78 is 0. The Bertz CT molecular complexity index is 331. The van der Waals surface area contributed by atoms with E-state index >= 15 is 0 Å². The van der Waals surface area contributed by atoms with Crippen LogP contribution in [0, 0.1) is 6.92 Å². The number of carbonyl (C=O) groups is 1. The van der Waals surface area contributed by atoms with E-state index in [0.717, 1.165) is 17.8 Å². The van der Waals surface area contributed by atoms with Crippen molar-refractivity contribution in [1.82, 2.24) is 10.0 Å². The second-order valence-electron chi connectivity index (χ2n) is 3.20. The summed E-state index contributed by atoms with van der Waals surface area (Å²) in [6.07, 6.45) is 2.04. The monoisotopic (exact) mass is 212 g/mol. The maximum absolute atomic E-state index is 11.8. The molecular weight excluding hydrogens is 200 g/mol. The highest BCUT2D eigenvalue weighted by molar-refractivity contribution is 7.09. The summed E-state index contributed by atoms with van der Waals surface area (Å²) in [5.41, 5.74) is 0.495. The molecule has 0 aliphatic carbocycles. The zero-order chi connectivity index (χ0) is 9.97. The fourth-order valence-corrected chi connectivity index (χ4v) is 1.93. The minimum absolute atomic E-state index is 0.117. The van der Waals surface area contributed by atoms with Crippen molar-refractivity contribution in [3.63, 3.8) is 0 Å². The molecule has 76 valence electrons. The molecule has 1 fully saturated rings. The summed E-state index contributed by atoms with van der Waals surface area (Å²) >= 11 is 1.48. The lowest BCUT2D eigenvalue weighted by Crippen LogP contribution is -2.35. The zero-order valence-electron chi connectivity index (χ0n) is 8.02. The summed E-state index contributed by atoms with van der Waals surface area (Å²) in [7, 11) is 0. The van der Waals surface area contributed by atoms with Gasteiger partial charge in [0.25, 0.3) is 5.91 Å². The van der Waals surface area contributed by atoms with Gasteiger partial charge in [0.2, 0.25) is 0 Å². The van der Waals surface area contributed by atoms with Crippen molar-refractivity contribution in [2.24, 2.45) is 0 Å². The van der Waals surface area contributed by atoms with Crippen LogP contribution < -0.4 is 0 Å². The normalized spacial score (nSPS) is 17.1. The molecule has 0 spiro atoms. The summed E-state index contributed by atoms with van der Waals surface area (Å²) in [5, 5.41) is 4.10. The molecule has 0 unspecified atom stereocenters.